The molecule has 1 aliphatic carbocycles. The molecule has 1 aromatic carbocycles. The molecule has 1 amide bonds. The van der Waals surface area contributed by atoms with Crippen LogP contribution in [0.25, 0.3) is 0 Å². The lowest BCUT2D eigenvalue weighted by atomic mass is 10.1. The van der Waals surface area contributed by atoms with Crippen molar-refractivity contribution in [3.63, 3.8) is 0 Å². The maximum atomic E-state index is 11.7. The molecule has 0 aromatic heterocycles. The Hall–Kier alpha value is -2.24. The highest BCUT2D eigenvalue weighted by Crippen LogP contribution is 2.38. The molecule has 0 radical (unpaired) electrons. The van der Waals surface area contributed by atoms with E-state index in [1.54, 1.807) is 0 Å². The standard InChI is InChI=1S/C15H17NO5/c17-14(10-8-11(10)15(18)19)16-4-3-9-1-2-12-13(7-9)21-6-5-20-12/h1-2,7,10-11H,3-6,8H2,(H,16,17)(H,18,19)/t10-,11-/m1/s1. The number of hydrogen-bond donors (Lipinski definition) is 2. The zero-order valence-electron chi connectivity index (χ0n) is 11.5. The third-order valence-electron chi connectivity index (χ3n) is 3.76. The number of carboxylic acid groups (broad SMARTS) is 1. The number of benzene rings is 1. The van der Waals surface area contributed by atoms with E-state index in [1.165, 1.54) is 0 Å². The van der Waals surface area contributed by atoms with Crippen molar-refractivity contribution in [2.45, 2.75) is 12.8 Å². The fourth-order valence-corrected chi connectivity index (χ4v) is 2.46. The van der Waals surface area contributed by atoms with Gasteiger partial charge in [0.2, 0.25) is 5.91 Å². The summed E-state index contributed by atoms with van der Waals surface area (Å²) >= 11 is 0. The topological polar surface area (TPSA) is 84.9 Å². The first-order chi connectivity index (χ1) is 10.1. The number of hydrogen-bond acceptors (Lipinski definition) is 4. The number of aliphatic carboxylic acids is 1. The Bertz CT molecular complexity index is 571. The molecule has 6 nitrogen and oxygen atoms in total. The summed E-state index contributed by atoms with van der Waals surface area (Å²) in [5.41, 5.74) is 1.05. The molecule has 1 fully saturated rings. The third-order valence-corrected chi connectivity index (χ3v) is 3.76. The zero-order valence-corrected chi connectivity index (χ0v) is 11.5. The molecule has 112 valence electrons. The second-order valence-electron chi connectivity index (χ2n) is 5.31. The van der Waals surface area contributed by atoms with Crippen molar-refractivity contribution in [1.82, 2.24) is 5.32 Å². The van der Waals surface area contributed by atoms with Crippen LogP contribution in [-0.4, -0.2) is 36.7 Å². The highest BCUT2D eigenvalue weighted by atomic mass is 16.6. The normalized spacial score (nSPS) is 22.5. The maximum Gasteiger partial charge on any atom is 0.307 e. The highest BCUT2D eigenvalue weighted by Gasteiger charge is 2.48. The van der Waals surface area contributed by atoms with E-state index < -0.39 is 11.9 Å². The third kappa shape index (κ3) is 3.09. The average molecular weight is 291 g/mol. The van der Waals surface area contributed by atoms with Crippen LogP contribution in [0.4, 0.5) is 0 Å². The predicted molar refractivity (Wildman–Crippen MR) is 73.4 cm³/mol. The minimum atomic E-state index is -0.887. The number of carbonyl (C=O) groups excluding carboxylic acids is 1. The molecule has 2 N–H and O–H groups in total. The molecule has 1 saturated carbocycles. The van der Waals surface area contributed by atoms with Gasteiger partial charge in [0.15, 0.2) is 11.5 Å². The van der Waals surface area contributed by atoms with Crippen LogP contribution in [0.2, 0.25) is 0 Å². The van der Waals surface area contributed by atoms with E-state index in [0.717, 1.165) is 17.1 Å². The summed E-state index contributed by atoms with van der Waals surface area (Å²) in [4.78, 5) is 22.4. The second kappa shape index (κ2) is 5.63. The lowest BCUT2D eigenvalue weighted by molar-refractivity contribution is -0.140. The van der Waals surface area contributed by atoms with E-state index >= 15 is 0 Å². The summed E-state index contributed by atoms with van der Waals surface area (Å²) in [6, 6.07) is 5.72. The quantitative estimate of drug-likeness (QED) is 0.839. The van der Waals surface area contributed by atoms with Gasteiger partial charge in [-0.25, -0.2) is 0 Å². The fourth-order valence-electron chi connectivity index (χ4n) is 2.46. The van der Waals surface area contributed by atoms with Gasteiger partial charge in [0.05, 0.1) is 11.8 Å². The fraction of sp³-hybridized carbons (Fsp3) is 0.467. The lowest BCUT2D eigenvalue weighted by Crippen LogP contribution is -2.28. The van der Waals surface area contributed by atoms with Crippen molar-refractivity contribution in [3.05, 3.63) is 23.8 Å². The molecule has 0 unspecified atom stereocenters. The van der Waals surface area contributed by atoms with Crippen molar-refractivity contribution in [2.24, 2.45) is 11.8 Å². The van der Waals surface area contributed by atoms with E-state index in [-0.39, 0.29) is 11.8 Å². The van der Waals surface area contributed by atoms with Crippen molar-refractivity contribution >= 4 is 11.9 Å². The smallest absolute Gasteiger partial charge is 0.307 e. The van der Waals surface area contributed by atoms with Crippen LogP contribution in [0.3, 0.4) is 0 Å². The van der Waals surface area contributed by atoms with E-state index in [0.29, 0.717) is 32.6 Å². The molecular formula is C15H17NO5. The molecular weight excluding hydrogens is 274 g/mol. The van der Waals surface area contributed by atoms with E-state index in [1.807, 2.05) is 18.2 Å². The molecule has 1 aliphatic heterocycles. The van der Waals surface area contributed by atoms with Gasteiger partial charge in [-0.2, -0.15) is 0 Å². The number of fused-ring (bicyclic) bond motifs is 1. The molecule has 2 aliphatic rings. The molecule has 1 aromatic rings. The molecule has 0 spiro atoms. The van der Waals surface area contributed by atoms with Crippen molar-refractivity contribution in [2.75, 3.05) is 19.8 Å². The molecule has 3 rings (SSSR count). The summed E-state index contributed by atoms with van der Waals surface area (Å²) in [5.74, 6) is -0.432. The summed E-state index contributed by atoms with van der Waals surface area (Å²) in [6.45, 7) is 1.60. The van der Waals surface area contributed by atoms with Crippen molar-refractivity contribution in [1.29, 1.82) is 0 Å². The Morgan fingerprint density at radius 2 is 1.95 bits per heavy atom. The van der Waals surface area contributed by atoms with Crippen molar-refractivity contribution < 1.29 is 24.2 Å². The van der Waals surface area contributed by atoms with Gasteiger partial charge in [0, 0.05) is 6.54 Å². The number of rotatable bonds is 5. The second-order valence-corrected chi connectivity index (χ2v) is 5.31. The molecule has 1 heterocycles. The number of carbonyl (C=O) groups is 2. The van der Waals surface area contributed by atoms with Gasteiger partial charge in [-0.1, -0.05) is 6.07 Å². The lowest BCUT2D eigenvalue weighted by Gasteiger charge is -2.18. The summed E-state index contributed by atoms with van der Waals surface area (Å²) in [5, 5.41) is 11.6. The Balaban J connectivity index is 1.47. The number of carboxylic acids is 1. The van der Waals surface area contributed by atoms with E-state index in [9.17, 15) is 9.59 Å². The molecule has 0 saturated heterocycles. The maximum absolute atomic E-state index is 11.7. The largest absolute Gasteiger partial charge is 0.486 e. The van der Waals surface area contributed by atoms with Crippen LogP contribution >= 0.6 is 0 Å². The monoisotopic (exact) mass is 291 g/mol. The molecule has 0 bridgehead atoms. The average Bonchev–Trinajstić information content (AvgIpc) is 3.28. The van der Waals surface area contributed by atoms with E-state index in [2.05, 4.69) is 5.32 Å². The van der Waals surface area contributed by atoms with Crippen LogP contribution in [0.5, 0.6) is 11.5 Å². The zero-order chi connectivity index (χ0) is 14.8. The Morgan fingerprint density at radius 3 is 2.67 bits per heavy atom. The molecule has 6 heteroatoms. The van der Waals surface area contributed by atoms with Crippen LogP contribution in [0, 0.1) is 11.8 Å². The SMILES string of the molecule is O=C(O)[C@@H]1C[C@H]1C(=O)NCCc1ccc2c(c1)OCCO2. The van der Waals surface area contributed by atoms with Crippen LogP contribution in [0.15, 0.2) is 18.2 Å². The van der Waals surface area contributed by atoms with Crippen molar-refractivity contribution in [3.8, 4) is 11.5 Å². The van der Waals surface area contributed by atoms with Crippen LogP contribution in [-0.2, 0) is 16.0 Å². The summed E-state index contributed by atoms with van der Waals surface area (Å²) < 4.78 is 10.9. The van der Waals surface area contributed by atoms with Gasteiger partial charge >= 0.3 is 5.97 Å². The number of ether oxygens (including phenoxy) is 2. The summed E-state index contributed by atoms with van der Waals surface area (Å²) in [7, 11) is 0. The van der Waals surface area contributed by atoms with Gasteiger partial charge in [-0.05, 0) is 30.5 Å². The number of amides is 1. The minimum absolute atomic E-state index is 0.167. The van der Waals surface area contributed by atoms with Gasteiger partial charge in [-0.15, -0.1) is 0 Å². The Labute approximate surface area is 122 Å². The highest BCUT2D eigenvalue weighted by molar-refractivity contribution is 5.89. The van der Waals surface area contributed by atoms with E-state index in [4.69, 9.17) is 14.6 Å². The first kappa shape index (κ1) is 13.7. The van der Waals surface area contributed by atoms with Gasteiger partial charge in [0.25, 0.3) is 0 Å². The van der Waals surface area contributed by atoms with Gasteiger partial charge in [-0.3, -0.25) is 9.59 Å². The Kier molecular flexibility index (Phi) is 3.68. The molecule has 2 atom stereocenters. The number of nitrogens with one attached hydrogen (secondary N) is 1. The Morgan fingerprint density at radius 1 is 1.19 bits per heavy atom. The van der Waals surface area contributed by atoms with Crippen LogP contribution < -0.4 is 14.8 Å². The van der Waals surface area contributed by atoms with Gasteiger partial charge in [0.1, 0.15) is 13.2 Å². The van der Waals surface area contributed by atoms with Crippen LogP contribution in [0.1, 0.15) is 12.0 Å². The first-order valence-electron chi connectivity index (χ1n) is 7.04. The van der Waals surface area contributed by atoms with Gasteiger partial charge < -0.3 is 19.9 Å². The molecule has 21 heavy (non-hydrogen) atoms. The first-order valence-corrected chi connectivity index (χ1v) is 7.04. The predicted octanol–water partition coefficient (Wildman–Crippen LogP) is 0.837. The summed E-state index contributed by atoms with van der Waals surface area (Å²) in [6.07, 6.45) is 1.12. The minimum Gasteiger partial charge on any atom is -0.486 e.